The highest BCUT2D eigenvalue weighted by atomic mass is 19.4. The van der Waals surface area contributed by atoms with Crippen molar-refractivity contribution in [2.75, 3.05) is 0 Å². The molecule has 7 atom stereocenters. The lowest BCUT2D eigenvalue weighted by molar-refractivity contribution is -0.315. The van der Waals surface area contributed by atoms with Gasteiger partial charge in [0.25, 0.3) is 0 Å². The Labute approximate surface area is 234 Å². The Morgan fingerprint density at radius 2 is 1.62 bits per heavy atom. The number of Topliss-reactive ketones (excluding diaryl/α,β-unsaturated/α-hetero) is 1. The minimum atomic E-state index is -5.08. The Morgan fingerprint density at radius 3 is 2.23 bits per heavy atom. The van der Waals surface area contributed by atoms with Crippen LogP contribution in [-0.4, -0.2) is 23.9 Å². The van der Waals surface area contributed by atoms with Gasteiger partial charge in [0.15, 0.2) is 11.6 Å². The predicted molar refractivity (Wildman–Crippen MR) is 142 cm³/mol. The first-order valence-corrected chi connectivity index (χ1v) is 14.4. The smallest absolute Gasteiger partial charge is 0.372 e. The molecule has 0 spiro atoms. The molecule has 3 saturated carbocycles. The lowest BCUT2D eigenvalue weighted by Crippen LogP contribution is -2.66. The Kier molecular flexibility index (Phi) is 6.05. The van der Waals surface area contributed by atoms with Gasteiger partial charge < -0.3 is 9.53 Å². The van der Waals surface area contributed by atoms with E-state index in [1.54, 1.807) is 12.2 Å². The van der Waals surface area contributed by atoms with E-state index in [1.165, 1.54) is 0 Å². The highest BCUT2D eigenvalue weighted by molar-refractivity contribution is 6.03. The number of hydrogen-bond donors (Lipinski definition) is 0. The van der Waals surface area contributed by atoms with Crippen molar-refractivity contribution in [1.82, 2.24) is 0 Å². The van der Waals surface area contributed by atoms with Gasteiger partial charge in [-0.05, 0) is 79.1 Å². The zero-order chi connectivity index (χ0) is 29.9. The number of allylic oxidation sites excluding steroid dienone is 4. The van der Waals surface area contributed by atoms with Crippen LogP contribution < -0.4 is 0 Å². The summed E-state index contributed by atoms with van der Waals surface area (Å²) in [7, 11) is 0. The van der Waals surface area contributed by atoms with E-state index in [-0.39, 0.29) is 41.4 Å². The molecule has 0 radical (unpaired) electrons. The number of carbonyl (C=O) groups is 3. The lowest BCUT2D eigenvalue weighted by Gasteiger charge is -2.68. The Morgan fingerprint density at radius 1 is 1.00 bits per heavy atom. The van der Waals surface area contributed by atoms with Crippen LogP contribution in [0.2, 0.25) is 0 Å². The molecule has 0 aliphatic heterocycles. The van der Waals surface area contributed by atoms with Crippen molar-refractivity contribution in [2.45, 2.75) is 99.8 Å². The van der Waals surface area contributed by atoms with Crippen LogP contribution >= 0.6 is 0 Å². The van der Waals surface area contributed by atoms with Gasteiger partial charge >= 0.3 is 12.3 Å². The summed E-state index contributed by atoms with van der Waals surface area (Å²) in [6.07, 6.45) is 1.79. The lowest BCUT2D eigenvalue weighted by atomic mass is 9.34. The SMILES string of the molecule is [C-]#[N+]C1=C[C@]2(C)C3=CC(=O)[C@@H]4[C@@H]5CC(C)(C)CC[C@]5(C(=O)OC(F)(F)F)CC[C@@]4(C)[C@]3(C)CC[C@H]2C(C)(C)C1=O. The van der Waals surface area contributed by atoms with Crippen molar-refractivity contribution < 1.29 is 32.3 Å². The van der Waals surface area contributed by atoms with Crippen molar-refractivity contribution in [2.24, 2.45) is 50.2 Å². The van der Waals surface area contributed by atoms with E-state index in [2.05, 4.69) is 37.3 Å². The van der Waals surface area contributed by atoms with E-state index in [9.17, 15) is 27.6 Å². The summed E-state index contributed by atoms with van der Waals surface area (Å²) >= 11 is 0. The normalized spacial score (nSPS) is 43.6. The first-order valence-electron chi connectivity index (χ1n) is 14.4. The second-order valence-corrected chi connectivity index (χ2v) is 15.2. The number of alkyl halides is 3. The van der Waals surface area contributed by atoms with E-state index >= 15 is 0 Å². The van der Waals surface area contributed by atoms with Gasteiger partial charge in [0, 0.05) is 16.7 Å². The van der Waals surface area contributed by atoms with Crippen LogP contribution in [0.15, 0.2) is 23.4 Å². The molecule has 0 N–H and O–H groups in total. The Hall–Kier alpha value is -2.43. The molecule has 0 aromatic rings. The average Bonchev–Trinajstić information content (AvgIpc) is 2.81. The molecule has 0 aromatic heterocycles. The van der Waals surface area contributed by atoms with Gasteiger partial charge in [-0.1, -0.05) is 60.1 Å². The molecule has 8 heteroatoms. The minimum Gasteiger partial charge on any atom is -0.372 e. The largest absolute Gasteiger partial charge is 0.575 e. The summed E-state index contributed by atoms with van der Waals surface area (Å²) in [5.74, 6) is -2.87. The Balaban J connectivity index is 1.68. The van der Waals surface area contributed by atoms with E-state index in [0.717, 1.165) is 12.0 Å². The average molecular weight is 560 g/mol. The topological polar surface area (TPSA) is 64.8 Å². The maximum Gasteiger partial charge on any atom is 0.575 e. The van der Waals surface area contributed by atoms with Crippen LogP contribution in [0, 0.1) is 56.8 Å². The number of hydrogen-bond acceptors (Lipinski definition) is 4. The van der Waals surface area contributed by atoms with Crippen LogP contribution in [0.5, 0.6) is 0 Å². The summed E-state index contributed by atoms with van der Waals surface area (Å²) in [5, 5.41) is 0. The number of ether oxygens (including phenoxy) is 1. The highest BCUT2D eigenvalue weighted by Gasteiger charge is 2.71. The standard InChI is InChI=1S/C32H40F3NO4/c1-26(2)11-13-31(25(39)40-32(33,34)35)14-12-30(7)23(18(31)16-26)20(37)15-22-28(5)17-19(36-8)24(38)27(3,4)21(28)9-10-29(22,30)6/h15,17-18,21,23H,9-14,16H2,1-7H3/t18-,21-,23-,28-,29+,30+,31-/m0/s1. The molecule has 3 fully saturated rings. The fraction of sp³-hybridized carbons (Fsp3) is 0.750. The van der Waals surface area contributed by atoms with Crippen LogP contribution in [0.4, 0.5) is 13.2 Å². The number of rotatable bonds is 1. The quantitative estimate of drug-likeness (QED) is 0.245. The van der Waals surface area contributed by atoms with E-state index in [0.29, 0.717) is 25.7 Å². The molecule has 0 bridgehead atoms. The van der Waals surface area contributed by atoms with Crippen LogP contribution in [0.1, 0.15) is 93.4 Å². The summed E-state index contributed by atoms with van der Waals surface area (Å²) in [6, 6.07) is 0. The molecule has 0 saturated heterocycles. The first kappa shape index (κ1) is 29.1. The van der Waals surface area contributed by atoms with Gasteiger partial charge in [-0.3, -0.25) is 9.59 Å². The molecule has 0 heterocycles. The van der Waals surface area contributed by atoms with Gasteiger partial charge in [-0.25, -0.2) is 4.85 Å². The summed E-state index contributed by atoms with van der Waals surface area (Å²) in [6.45, 7) is 21.9. The minimum absolute atomic E-state index is 0.0941. The van der Waals surface area contributed by atoms with Gasteiger partial charge in [-0.2, -0.15) is 0 Å². The maximum absolute atomic E-state index is 14.3. The number of ketones is 2. The van der Waals surface area contributed by atoms with Gasteiger partial charge in [0.05, 0.1) is 12.0 Å². The number of carbonyl (C=O) groups excluding carboxylic acids is 3. The van der Waals surface area contributed by atoms with Crippen molar-refractivity contribution in [1.29, 1.82) is 0 Å². The third-order valence-electron chi connectivity index (χ3n) is 12.5. The van der Waals surface area contributed by atoms with Gasteiger partial charge in [-0.15, -0.1) is 13.2 Å². The van der Waals surface area contributed by atoms with Crippen LogP contribution in [0.3, 0.4) is 0 Å². The maximum atomic E-state index is 14.3. The summed E-state index contributed by atoms with van der Waals surface area (Å²) < 4.78 is 44.0. The molecular weight excluding hydrogens is 519 g/mol. The molecule has 0 amide bonds. The fourth-order valence-electron chi connectivity index (χ4n) is 10.2. The van der Waals surface area contributed by atoms with Crippen molar-refractivity contribution in [3.63, 3.8) is 0 Å². The first-order chi connectivity index (χ1) is 18.2. The van der Waals surface area contributed by atoms with E-state index < -0.39 is 51.2 Å². The van der Waals surface area contributed by atoms with E-state index in [1.807, 2.05) is 20.8 Å². The summed E-state index contributed by atoms with van der Waals surface area (Å²) in [4.78, 5) is 44.4. The monoisotopic (exact) mass is 559 g/mol. The highest BCUT2D eigenvalue weighted by Crippen LogP contribution is 2.74. The second kappa shape index (κ2) is 8.32. The third-order valence-corrected chi connectivity index (χ3v) is 12.5. The number of nitrogens with zero attached hydrogens (tertiary/aromatic N) is 1. The molecule has 0 aromatic carbocycles. The number of halogens is 3. The number of fused-ring (bicyclic) bond motifs is 7. The number of esters is 1. The van der Waals surface area contributed by atoms with Crippen molar-refractivity contribution in [3.05, 3.63) is 34.8 Å². The van der Waals surface area contributed by atoms with Crippen molar-refractivity contribution in [3.8, 4) is 0 Å². The van der Waals surface area contributed by atoms with E-state index in [4.69, 9.17) is 6.57 Å². The van der Waals surface area contributed by atoms with Crippen LogP contribution in [0.25, 0.3) is 4.85 Å². The summed E-state index contributed by atoms with van der Waals surface area (Å²) in [5.41, 5.74) is -3.15. The fourth-order valence-corrected chi connectivity index (χ4v) is 10.2. The zero-order valence-corrected chi connectivity index (χ0v) is 24.6. The third kappa shape index (κ3) is 3.67. The molecule has 218 valence electrons. The molecule has 5 aliphatic rings. The predicted octanol–water partition coefficient (Wildman–Crippen LogP) is 7.62. The zero-order valence-electron chi connectivity index (χ0n) is 24.6. The molecule has 40 heavy (non-hydrogen) atoms. The Bertz CT molecular complexity index is 1300. The van der Waals surface area contributed by atoms with Crippen LogP contribution in [-0.2, 0) is 19.1 Å². The van der Waals surface area contributed by atoms with Gasteiger partial charge in [0.1, 0.15) is 0 Å². The molecule has 0 unspecified atom stereocenters. The second-order valence-electron chi connectivity index (χ2n) is 15.2. The molecule has 5 aliphatic carbocycles. The molecular formula is C32H40F3NO4. The molecule has 5 nitrogen and oxygen atoms in total. The van der Waals surface area contributed by atoms with Gasteiger partial charge in [0.2, 0.25) is 5.70 Å². The molecule has 5 rings (SSSR count). The van der Waals surface area contributed by atoms with Crippen molar-refractivity contribution >= 4 is 17.5 Å².